The van der Waals surface area contributed by atoms with Crippen LogP contribution < -0.4 is 5.73 Å². The van der Waals surface area contributed by atoms with Gasteiger partial charge in [-0.3, -0.25) is 4.79 Å². The van der Waals surface area contributed by atoms with Crippen molar-refractivity contribution in [1.29, 1.82) is 0 Å². The van der Waals surface area contributed by atoms with Gasteiger partial charge in [0.2, 0.25) is 5.91 Å². The molecule has 0 aromatic rings. The van der Waals surface area contributed by atoms with E-state index < -0.39 is 11.1 Å². The van der Waals surface area contributed by atoms with E-state index in [2.05, 4.69) is 0 Å². The predicted molar refractivity (Wildman–Crippen MR) is 89.2 cm³/mol. The standard InChI is InChI=1S/C14H27N3O2.2ClH/c1-16(2)11-13(19)7-9-17(10-8-13)12(18)14(15)5-3-4-6-14;;/h19H,3-11,15H2,1-2H3;2*1H. The smallest absolute Gasteiger partial charge is 0.242 e. The summed E-state index contributed by atoms with van der Waals surface area (Å²) in [5, 5.41) is 10.5. The van der Waals surface area contributed by atoms with E-state index in [1.165, 1.54) is 0 Å². The highest BCUT2D eigenvalue weighted by molar-refractivity contribution is 5.86. The van der Waals surface area contributed by atoms with Crippen LogP contribution in [0, 0.1) is 0 Å². The van der Waals surface area contributed by atoms with E-state index in [0.29, 0.717) is 32.5 Å². The molecule has 0 spiro atoms. The van der Waals surface area contributed by atoms with Gasteiger partial charge in [0, 0.05) is 19.6 Å². The molecule has 1 aliphatic carbocycles. The van der Waals surface area contributed by atoms with Crippen LogP contribution in [0.1, 0.15) is 38.5 Å². The van der Waals surface area contributed by atoms with Crippen LogP contribution in [-0.2, 0) is 4.79 Å². The molecule has 0 bridgehead atoms. The number of rotatable bonds is 3. The Labute approximate surface area is 140 Å². The molecule has 1 saturated carbocycles. The number of aliphatic hydroxyl groups is 1. The third-order valence-electron chi connectivity index (χ3n) is 4.51. The fourth-order valence-corrected chi connectivity index (χ4v) is 3.41. The molecule has 21 heavy (non-hydrogen) atoms. The molecule has 2 fully saturated rings. The summed E-state index contributed by atoms with van der Waals surface area (Å²) in [7, 11) is 3.92. The highest BCUT2D eigenvalue weighted by Crippen LogP contribution is 2.31. The largest absolute Gasteiger partial charge is 0.388 e. The molecule has 2 rings (SSSR count). The fourth-order valence-electron chi connectivity index (χ4n) is 3.41. The molecule has 3 N–H and O–H groups in total. The van der Waals surface area contributed by atoms with Crippen molar-refractivity contribution in [2.45, 2.75) is 49.7 Å². The first kappa shape index (κ1) is 20.9. The topological polar surface area (TPSA) is 69.8 Å². The summed E-state index contributed by atoms with van der Waals surface area (Å²) in [5.41, 5.74) is 4.94. The van der Waals surface area contributed by atoms with Crippen LogP contribution in [0.25, 0.3) is 0 Å². The van der Waals surface area contributed by atoms with Gasteiger partial charge in [-0.05, 0) is 39.8 Å². The minimum Gasteiger partial charge on any atom is -0.388 e. The second-order valence-corrected chi connectivity index (χ2v) is 6.62. The van der Waals surface area contributed by atoms with Gasteiger partial charge in [-0.1, -0.05) is 12.8 Å². The number of carbonyl (C=O) groups excluding carboxylic acids is 1. The molecule has 0 aromatic carbocycles. The molecule has 2 aliphatic rings. The Hall–Kier alpha value is -0.0700. The SMILES string of the molecule is CN(C)CC1(O)CCN(C(=O)C2(N)CCCC2)CC1.Cl.Cl. The zero-order chi connectivity index (χ0) is 14.1. The van der Waals surface area contributed by atoms with E-state index in [1.54, 1.807) is 0 Å². The van der Waals surface area contributed by atoms with Crippen molar-refractivity contribution < 1.29 is 9.90 Å². The second-order valence-electron chi connectivity index (χ2n) is 6.62. The lowest BCUT2D eigenvalue weighted by molar-refractivity contribution is -0.141. The average molecular weight is 342 g/mol. The van der Waals surface area contributed by atoms with Crippen molar-refractivity contribution in [2.24, 2.45) is 5.73 Å². The Morgan fingerprint density at radius 2 is 1.62 bits per heavy atom. The van der Waals surface area contributed by atoms with Gasteiger partial charge in [0.25, 0.3) is 0 Å². The molecule has 1 heterocycles. The van der Waals surface area contributed by atoms with Crippen molar-refractivity contribution in [1.82, 2.24) is 9.80 Å². The highest BCUT2D eigenvalue weighted by atomic mass is 35.5. The van der Waals surface area contributed by atoms with Gasteiger partial charge in [0.1, 0.15) is 0 Å². The number of halogens is 2. The van der Waals surface area contributed by atoms with Gasteiger partial charge in [0.05, 0.1) is 11.1 Å². The van der Waals surface area contributed by atoms with Crippen LogP contribution in [0.4, 0.5) is 0 Å². The van der Waals surface area contributed by atoms with E-state index in [1.807, 2.05) is 23.9 Å². The minimum atomic E-state index is -0.655. The Balaban J connectivity index is 0.00000200. The van der Waals surface area contributed by atoms with Gasteiger partial charge in [-0.2, -0.15) is 0 Å². The number of nitrogens with zero attached hydrogens (tertiary/aromatic N) is 2. The monoisotopic (exact) mass is 341 g/mol. The van der Waals surface area contributed by atoms with E-state index in [0.717, 1.165) is 25.7 Å². The molecule has 1 aliphatic heterocycles. The zero-order valence-electron chi connectivity index (χ0n) is 13.0. The van der Waals surface area contributed by atoms with Gasteiger partial charge < -0.3 is 20.6 Å². The third-order valence-corrected chi connectivity index (χ3v) is 4.51. The third kappa shape index (κ3) is 4.96. The van der Waals surface area contributed by atoms with Crippen LogP contribution in [0.2, 0.25) is 0 Å². The van der Waals surface area contributed by atoms with Crippen LogP contribution in [0.15, 0.2) is 0 Å². The van der Waals surface area contributed by atoms with Crippen LogP contribution in [0.5, 0.6) is 0 Å². The van der Waals surface area contributed by atoms with Crippen molar-refractivity contribution in [3.63, 3.8) is 0 Å². The maximum Gasteiger partial charge on any atom is 0.242 e. The molecular formula is C14H29Cl2N3O2. The van der Waals surface area contributed by atoms with Gasteiger partial charge in [0.15, 0.2) is 0 Å². The molecule has 7 heteroatoms. The minimum absolute atomic E-state index is 0. The van der Waals surface area contributed by atoms with Crippen molar-refractivity contribution in [3.8, 4) is 0 Å². The molecule has 5 nitrogen and oxygen atoms in total. The summed E-state index contributed by atoms with van der Waals surface area (Å²) in [5.74, 6) is 0.0944. The Kier molecular flexibility index (Phi) is 7.95. The second kappa shape index (κ2) is 7.97. The molecular weight excluding hydrogens is 313 g/mol. The molecule has 0 atom stereocenters. The van der Waals surface area contributed by atoms with Gasteiger partial charge >= 0.3 is 0 Å². The summed E-state index contributed by atoms with van der Waals surface area (Å²) >= 11 is 0. The van der Waals surface area contributed by atoms with Crippen molar-refractivity contribution in [3.05, 3.63) is 0 Å². The maximum atomic E-state index is 12.5. The Bertz CT molecular complexity index is 339. The lowest BCUT2D eigenvalue weighted by atomic mass is 9.89. The molecule has 0 radical (unpaired) electrons. The first-order chi connectivity index (χ1) is 8.85. The van der Waals surface area contributed by atoms with E-state index in [-0.39, 0.29) is 30.7 Å². The number of piperidine rings is 1. The highest BCUT2D eigenvalue weighted by Gasteiger charge is 2.42. The lowest BCUT2D eigenvalue weighted by Gasteiger charge is -2.41. The number of amides is 1. The normalized spacial score (nSPS) is 23.4. The van der Waals surface area contributed by atoms with E-state index in [9.17, 15) is 9.90 Å². The zero-order valence-corrected chi connectivity index (χ0v) is 14.6. The van der Waals surface area contributed by atoms with E-state index >= 15 is 0 Å². The number of hydrogen-bond acceptors (Lipinski definition) is 4. The van der Waals surface area contributed by atoms with E-state index in [4.69, 9.17) is 5.73 Å². The lowest BCUT2D eigenvalue weighted by Crippen LogP contribution is -2.58. The van der Waals surface area contributed by atoms with Crippen LogP contribution in [0.3, 0.4) is 0 Å². The summed E-state index contributed by atoms with van der Waals surface area (Å²) in [6.07, 6.45) is 5.02. The number of nitrogens with two attached hydrogens (primary N) is 1. The summed E-state index contributed by atoms with van der Waals surface area (Å²) in [6, 6.07) is 0. The summed E-state index contributed by atoms with van der Waals surface area (Å²) in [4.78, 5) is 16.3. The molecule has 0 aromatic heterocycles. The predicted octanol–water partition coefficient (Wildman–Crippen LogP) is 1.02. The summed E-state index contributed by atoms with van der Waals surface area (Å²) in [6.45, 7) is 1.91. The van der Waals surface area contributed by atoms with Crippen LogP contribution in [-0.4, -0.2) is 65.7 Å². The van der Waals surface area contributed by atoms with Gasteiger partial charge in [-0.25, -0.2) is 0 Å². The molecule has 126 valence electrons. The number of carbonyl (C=O) groups is 1. The Morgan fingerprint density at radius 1 is 1.14 bits per heavy atom. The maximum absolute atomic E-state index is 12.5. The first-order valence-corrected chi connectivity index (χ1v) is 7.30. The van der Waals surface area contributed by atoms with Gasteiger partial charge in [-0.15, -0.1) is 24.8 Å². The Morgan fingerprint density at radius 3 is 2.05 bits per heavy atom. The molecule has 0 unspecified atom stereocenters. The molecule has 1 amide bonds. The fraction of sp³-hybridized carbons (Fsp3) is 0.929. The molecule has 1 saturated heterocycles. The average Bonchev–Trinajstić information content (AvgIpc) is 2.76. The number of likely N-dealkylation sites (N-methyl/N-ethyl adjacent to an activating group) is 1. The van der Waals surface area contributed by atoms with Crippen molar-refractivity contribution in [2.75, 3.05) is 33.7 Å². The van der Waals surface area contributed by atoms with Crippen molar-refractivity contribution >= 4 is 30.7 Å². The first-order valence-electron chi connectivity index (χ1n) is 7.30. The van der Waals surface area contributed by atoms with Crippen LogP contribution >= 0.6 is 24.8 Å². The number of hydrogen-bond donors (Lipinski definition) is 2. The summed E-state index contributed by atoms with van der Waals surface area (Å²) < 4.78 is 0. The number of likely N-dealkylation sites (tertiary alicyclic amines) is 1. The quantitative estimate of drug-likeness (QED) is 0.803.